The first-order chi connectivity index (χ1) is 12.3. The lowest BCUT2D eigenvalue weighted by Crippen LogP contribution is -2.69. The second-order valence-electron chi connectivity index (χ2n) is 6.35. The van der Waals surface area contributed by atoms with Gasteiger partial charge in [-0.1, -0.05) is 35.8 Å². The molecule has 5 heteroatoms. The van der Waals surface area contributed by atoms with Gasteiger partial charge in [-0.05, 0) is 35.5 Å². The zero-order valence-corrected chi connectivity index (χ0v) is 14.2. The standard InChI is InChI=1S/C20H20BN3O/c1-25-16-8-9-17(18-10-2-5-13-22-18)21(25,19-11-3-6-14-23-19)20-12-4-7-15-24-20/h2-7,9-15H,8,16H2,1H3. The fourth-order valence-corrected chi connectivity index (χ4v) is 3.92. The third-order valence-corrected chi connectivity index (χ3v) is 5.01. The molecule has 0 N–H and O–H groups in total. The van der Waals surface area contributed by atoms with Crippen LogP contribution < -0.4 is 11.2 Å². The highest BCUT2D eigenvalue weighted by atomic mass is 16.6. The molecule has 0 spiro atoms. The Balaban J connectivity index is 2.04. The van der Waals surface area contributed by atoms with Crippen LogP contribution in [-0.2, 0) is 4.28 Å². The SMILES string of the molecule is C[O+]1CCC=C(c2ccccn2)[B-]1(c1ccccn1)c1ccccn1. The van der Waals surface area contributed by atoms with E-state index in [0.29, 0.717) is 0 Å². The first-order valence-corrected chi connectivity index (χ1v) is 8.56. The van der Waals surface area contributed by atoms with E-state index in [9.17, 15) is 0 Å². The van der Waals surface area contributed by atoms with Crippen LogP contribution in [0.1, 0.15) is 12.1 Å². The Morgan fingerprint density at radius 2 is 1.40 bits per heavy atom. The van der Waals surface area contributed by atoms with E-state index in [1.807, 2.05) is 55.0 Å². The van der Waals surface area contributed by atoms with Crippen molar-refractivity contribution in [1.29, 1.82) is 0 Å². The quantitative estimate of drug-likeness (QED) is 0.546. The fraction of sp³-hybridized carbons (Fsp3) is 0.150. The molecule has 3 aromatic rings. The molecule has 4 rings (SSSR count). The number of aromatic nitrogens is 3. The lowest BCUT2D eigenvalue weighted by molar-refractivity contribution is 0.0559. The van der Waals surface area contributed by atoms with Crippen molar-refractivity contribution in [1.82, 2.24) is 15.0 Å². The van der Waals surface area contributed by atoms with Crippen molar-refractivity contribution >= 4 is 23.0 Å². The zero-order chi connectivity index (χ0) is 17.1. The van der Waals surface area contributed by atoms with E-state index in [2.05, 4.69) is 40.7 Å². The average molecular weight is 329 g/mol. The maximum absolute atomic E-state index is 4.73. The largest absolute Gasteiger partial charge is 0.660 e. The Hall–Kier alpha value is -2.79. The van der Waals surface area contributed by atoms with E-state index < -0.39 is 6.35 Å². The van der Waals surface area contributed by atoms with Crippen LogP contribution >= 0.6 is 0 Å². The number of hydrogen-bond acceptors (Lipinski definition) is 3. The first-order valence-electron chi connectivity index (χ1n) is 8.56. The molecular weight excluding hydrogens is 309 g/mol. The van der Waals surface area contributed by atoms with E-state index >= 15 is 0 Å². The van der Waals surface area contributed by atoms with Gasteiger partial charge in [-0.15, -0.1) is 6.08 Å². The van der Waals surface area contributed by atoms with Crippen LogP contribution in [0.15, 0.2) is 79.3 Å². The third-order valence-electron chi connectivity index (χ3n) is 5.01. The molecule has 25 heavy (non-hydrogen) atoms. The van der Waals surface area contributed by atoms with Gasteiger partial charge in [-0.25, -0.2) is 0 Å². The summed E-state index contributed by atoms with van der Waals surface area (Å²) in [5.74, 6) is 0. The Morgan fingerprint density at radius 1 is 0.800 bits per heavy atom. The van der Waals surface area contributed by atoms with Crippen LogP contribution in [0.2, 0.25) is 0 Å². The molecule has 0 fully saturated rings. The predicted octanol–water partition coefficient (Wildman–Crippen LogP) is 2.14. The van der Waals surface area contributed by atoms with Crippen LogP contribution in [0, 0.1) is 0 Å². The number of rotatable bonds is 3. The van der Waals surface area contributed by atoms with Crippen LogP contribution in [-0.4, -0.2) is 35.0 Å². The molecule has 0 unspecified atom stereocenters. The van der Waals surface area contributed by atoms with Crippen molar-refractivity contribution < 1.29 is 4.28 Å². The van der Waals surface area contributed by atoms with Gasteiger partial charge in [0.05, 0.1) is 7.11 Å². The van der Waals surface area contributed by atoms with Crippen molar-refractivity contribution in [2.75, 3.05) is 13.7 Å². The summed E-state index contributed by atoms with van der Waals surface area (Å²) in [6.45, 7) is 0.878. The maximum Gasteiger partial charge on any atom is 0.413 e. The highest BCUT2D eigenvalue weighted by Gasteiger charge is 2.50. The molecule has 4 heterocycles. The second-order valence-corrected chi connectivity index (χ2v) is 6.35. The Kier molecular flexibility index (Phi) is 4.16. The lowest BCUT2D eigenvalue weighted by atomic mass is 9.29. The second kappa shape index (κ2) is 6.61. The van der Waals surface area contributed by atoms with Gasteiger partial charge in [0.2, 0.25) is 0 Å². The van der Waals surface area contributed by atoms with E-state index in [0.717, 1.165) is 35.4 Å². The van der Waals surface area contributed by atoms with Gasteiger partial charge in [0.1, 0.15) is 6.61 Å². The van der Waals surface area contributed by atoms with E-state index in [4.69, 9.17) is 9.97 Å². The van der Waals surface area contributed by atoms with Crippen LogP contribution in [0.4, 0.5) is 0 Å². The summed E-state index contributed by atoms with van der Waals surface area (Å²) in [5, 5.41) is 0. The Morgan fingerprint density at radius 3 is 1.92 bits per heavy atom. The summed E-state index contributed by atoms with van der Waals surface area (Å²) in [6.07, 6.45) is 7.27. The van der Waals surface area contributed by atoms with Crippen molar-refractivity contribution in [3.63, 3.8) is 0 Å². The van der Waals surface area contributed by atoms with Gasteiger partial charge in [-0.2, -0.15) is 0 Å². The molecule has 124 valence electrons. The molecule has 3 aromatic heterocycles. The predicted molar refractivity (Wildman–Crippen MR) is 102 cm³/mol. The highest BCUT2D eigenvalue weighted by molar-refractivity contribution is 7.10. The smallest absolute Gasteiger partial charge is 0.413 e. The van der Waals surface area contributed by atoms with Gasteiger partial charge in [0, 0.05) is 30.7 Å². The van der Waals surface area contributed by atoms with Crippen molar-refractivity contribution in [2.45, 2.75) is 6.42 Å². The Labute approximate surface area is 147 Å². The molecule has 0 amide bonds. The molecule has 0 radical (unpaired) electrons. The summed E-state index contributed by atoms with van der Waals surface area (Å²) in [7, 11) is 2.08. The molecule has 0 aliphatic carbocycles. The number of pyridine rings is 3. The molecule has 1 aliphatic heterocycles. The van der Waals surface area contributed by atoms with Crippen LogP contribution in [0.3, 0.4) is 0 Å². The third kappa shape index (κ3) is 2.57. The molecule has 0 aromatic carbocycles. The molecule has 4 nitrogen and oxygen atoms in total. The van der Waals surface area contributed by atoms with Gasteiger partial charge in [0.25, 0.3) is 0 Å². The van der Waals surface area contributed by atoms with Gasteiger partial charge in [-0.3, -0.25) is 15.0 Å². The summed E-state index contributed by atoms with van der Waals surface area (Å²) in [5.41, 5.74) is 4.12. The summed E-state index contributed by atoms with van der Waals surface area (Å²) in [4.78, 5) is 14.1. The molecule has 0 bridgehead atoms. The molecule has 0 atom stereocenters. The van der Waals surface area contributed by atoms with Crippen molar-refractivity contribution in [2.24, 2.45) is 0 Å². The number of hydrogen-bond donors (Lipinski definition) is 0. The normalized spacial score (nSPS) is 17.1. The first kappa shape index (κ1) is 15.7. The van der Waals surface area contributed by atoms with Crippen molar-refractivity contribution in [3.05, 3.63) is 85.0 Å². The minimum absolute atomic E-state index is 0.878. The zero-order valence-electron chi connectivity index (χ0n) is 14.2. The maximum atomic E-state index is 4.73. The fourth-order valence-electron chi connectivity index (χ4n) is 3.92. The Bertz CT molecular complexity index is 830. The summed E-state index contributed by atoms with van der Waals surface area (Å²) >= 11 is 0. The topological polar surface area (TPSA) is 41.4 Å². The minimum atomic E-state index is -1.51. The van der Waals surface area contributed by atoms with E-state index in [1.54, 1.807) is 0 Å². The number of nitrogens with zero attached hydrogens (tertiary/aromatic N) is 3. The molecule has 0 saturated heterocycles. The minimum Gasteiger partial charge on any atom is -0.660 e. The summed E-state index contributed by atoms with van der Waals surface area (Å²) < 4.78 is 3.38. The molecular formula is C20H20BN3O. The van der Waals surface area contributed by atoms with E-state index in [1.165, 1.54) is 0 Å². The monoisotopic (exact) mass is 329 g/mol. The van der Waals surface area contributed by atoms with Crippen LogP contribution in [0.5, 0.6) is 0 Å². The summed E-state index contributed by atoms with van der Waals surface area (Å²) in [6, 6.07) is 18.2. The van der Waals surface area contributed by atoms with Crippen LogP contribution in [0.25, 0.3) is 5.47 Å². The van der Waals surface area contributed by atoms with Crippen molar-refractivity contribution in [3.8, 4) is 0 Å². The van der Waals surface area contributed by atoms with E-state index in [-0.39, 0.29) is 0 Å². The highest BCUT2D eigenvalue weighted by Crippen LogP contribution is 2.32. The van der Waals surface area contributed by atoms with Gasteiger partial charge >= 0.3 is 6.35 Å². The van der Waals surface area contributed by atoms with Gasteiger partial charge < -0.3 is 4.28 Å². The molecule has 1 aliphatic rings. The lowest BCUT2D eigenvalue weighted by Gasteiger charge is -2.48. The van der Waals surface area contributed by atoms with Gasteiger partial charge in [0.15, 0.2) is 0 Å². The average Bonchev–Trinajstić information content (AvgIpc) is 2.70. The molecule has 0 saturated carbocycles.